The fourth-order valence-electron chi connectivity index (χ4n) is 2.20. The van der Waals surface area contributed by atoms with Crippen molar-refractivity contribution < 1.29 is 17.9 Å². The molecule has 0 amide bonds. The van der Waals surface area contributed by atoms with E-state index < -0.39 is 10.0 Å². The number of anilines is 1. The van der Waals surface area contributed by atoms with Gasteiger partial charge in [-0.3, -0.25) is 4.31 Å². The first-order valence-corrected chi connectivity index (χ1v) is 9.29. The fourth-order valence-corrected chi connectivity index (χ4v) is 4.29. The molecule has 0 bridgehead atoms. The van der Waals surface area contributed by atoms with Crippen molar-refractivity contribution in [2.24, 2.45) is 0 Å². The molecular formula is C17H18BrNO4S. The zero-order valence-corrected chi connectivity index (χ0v) is 15.8. The summed E-state index contributed by atoms with van der Waals surface area (Å²) >= 11 is 3.40. The first kappa shape index (κ1) is 18.4. The number of rotatable bonds is 7. The third-order valence-electron chi connectivity index (χ3n) is 3.36. The Morgan fingerprint density at radius 1 is 1.12 bits per heavy atom. The summed E-state index contributed by atoms with van der Waals surface area (Å²) in [6.07, 6.45) is 1.54. The minimum Gasteiger partial charge on any atom is -0.493 e. The van der Waals surface area contributed by atoms with Gasteiger partial charge in [-0.25, -0.2) is 8.42 Å². The Kier molecular flexibility index (Phi) is 5.90. The normalized spacial score (nSPS) is 11.0. The number of methoxy groups -OCH3 is 2. The van der Waals surface area contributed by atoms with E-state index in [1.807, 2.05) is 6.07 Å². The molecular weight excluding hydrogens is 394 g/mol. The number of para-hydroxylation sites is 1. The molecule has 0 saturated carbocycles. The molecule has 0 aliphatic carbocycles. The molecule has 0 aliphatic heterocycles. The van der Waals surface area contributed by atoms with E-state index in [4.69, 9.17) is 9.47 Å². The van der Waals surface area contributed by atoms with Crippen molar-refractivity contribution in [1.29, 1.82) is 0 Å². The van der Waals surface area contributed by atoms with Gasteiger partial charge in [-0.1, -0.05) is 18.2 Å². The lowest BCUT2D eigenvalue weighted by molar-refractivity contribution is 0.354. The van der Waals surface area contributed by atoms with Gasteiger partial charge in [0.1, 0.15) is 0 Å². The highest BCUT2D eigenvalue weighted by Gasteiger charge is 2.26. The van der Waals surface area contributed by atoms with Crippen LogP contribution in [0, 0.1) is 0 Å². The highest BCUT2D eigenvalue weighted by Crippen LogP contribution is 2.34. The van der Waals surface area contributed by atoms with E-state index in [1.165, 1.54) is 36.7 Å². The Morgan fingerprint density at radius 3 is 2.38 bits per heavy atom. The Morgan fingerprint density at radius 2 is 1.79 bits per heavy atom. The van der Waals surface area contributed by atoms with Gasteiger partial charge in [-0.15, -0.1) is 6.58 Å². The molecule has 0 saturated heterocycles. The van der Waals surface area contributed by atoms with Crippen LogP contribution in [0.15, 0.2) is 64.5 Å². The van der Waals surface area contributed by atoms with Crippen LogP contribution >= 0.6 is 15.9 Å². The highest BCUT2D eigenvalue weighted by atomic mass is 79.9. The van der Waals surface area contributed by atoms with Crippen LogP contribution in [0.25, 0.3) is 0 Å². The first-order chi connectivity index (χ1) is 11.5. The summed E-state index contributed by atoms with van der Waals surface area (Å²) < 4.78 is 38.5. The molecule has 0 N–H and O–H groups in total. The molecule has 0 unspecified atom stereocenters. The quantitative estimate of drug-likeness (QED) is 0.649. The third-order valence-corrected chi connectivity index (χ3v) is 5.81. The van der Waals surface area contributed by atoms with Gasteiger partial charge in [0, 0.05) is 10.5 Å². The maximum Gasteiger partial charge on any atom is 0.264 e. The van der Waals surface area contributed by atoms with Crippen molar-refractivity contribution >= 4 is 31.6 Å². The van der Waals surface area contributed by atoms with Gasteiger partial charge in [-0.05, 0) is 40.2 Å². The Bertz CT molecular complexity index is 836. The average Bonchev–Trinajstić information content (AvgIpc) is 2.59. The van der Waals surface area contributed by atoms with Crippen LogP contribution in [0.3, 0.4) is 0 Å². The van der Waals surface area contributed by atoms with Crippen LogP contribution < -0.4 is 13.8 Å². The average molecular weight is 412 g/mol. The van der Waals surface area contributed by atoms with Crippen LogP contribution in [0.5, 0.6) is 11.5 Å². The van der Waals surface area contributed by atoms with E-state index in [0.717, 1.165) is 0 Å². The molecule has 24 heavy (non-hydrogen) atoms. The van der Waals surface area contributed by atoms with Gasteiger partial charge in [0.15, 0.2) is 11.5 Å². The molecule has 0 aromatic heterocycles. The summed E-state index contributed by atoms with van der Waals surface area (Å²) in [5, 5.41) is 0. The lowest BCUT2D eigenvalue weighted by Crippen LogP contribution is -2.31. The van der Waals surface area contributed by atoms with Crippen molar-refractivity contribution in [3.63, 3.8) is 0 Å². The van der Waals surface area contributed by atoms with E-state index in [9.17, 15) is 8.42 Å². The summed E-state index contributed by atoms with van der Waals surface area (Å²) in [5.74, 6) is 0.817. The van der Waals surface area contributed by atoms with E-state index in [2.05, 4.69) is 22.5 Å². The SMILES string of the molecule is C=CCN(c1ccccc1Br)S(=O)(=O)c1ccc(OC)c(OC)c1. The topological polar surface area (TPSA) is 55.8 Å². The second-order valence-corrected chi connectivity index (χ2v) is 7.51. The zero-order valence-electron chi connectivity index (χ0n) is 13.4. The standard InChI is InChI=1S/C17H18BrNO4S/c1-4-11-19(15-8-6-5-7-14(15)18)24(20,21)13-9-10-16(22-2)17(12-13)23-3/h4-10,12H,1,11H2,2-3H3. The van der Waals surface area contributed by atoms with Crippen molar-refractivity contribution in [1.82, 2.24) is 0 Å². The number of sulfonamides is 1. The molecule has 128 valence electrons. The van der Waals surface area contributed by atoms with Gasteiger partial charge in [0.05, 0.1) is 31.3 Å². The number of nitrogens with zero attached hydrogens (tertiary/aromatic N) is 1. The molecule has 5 nitrogen and oxygen atoms in total. The number of benzene rings is 2. The smallest absolute Gasteiger partial charge is 0.264 e. The zero-order chi connectivity index (χ0) is 17.7. The lowest BCUT2D eigenvalue weighted by Gasteiger charge is -2.24. The first-order valence-electron chi connectivity index (χ1n) is 7.06. The molecule has 0 fully saturated rings. The molecule has 0 heterocycles. The van der Waals surface area contributed by atoms with Crippen LogP contribution in [-0.4, -0.2) is 29.2 Å². The minimum absolute atomic E-state index is 0.109. The molecule has 7 heteroatoms. The predicted molar refractivity (Wildman–Crippen MR) is 98.4 cm³/mol. The van der Waals surface area contributed by atoms with Crippen molar-refractivity contribution in [2.45, 2.75) is 4.90 Å². The van der Waals surface area contributed by atoms with Gasteiger partial charge < -0.3 is 9.47 Å². The van der Waals surface area contributed by atoms with Gasteiger partial charge in [-0.2, -0.15) is 0 Å². The van der Waals surface area contributed by atoms with E-state index in [0.29, 0.717) is 21.7 Å². The highest BCUT2D eigenvalue weighted by molar-refractivity contribution is 9.10. The monoisotopic (exact) mass is 411 g/mol. The van der Waals surface area contributed by atoms with Gasteiger partial charge in [0.25, 0.3) is 10.0 Å². The van der Waals surface area contributed by atoms with Gasteiger partial charge >= 0.3 is 0 Å². The molecule has 2 aromatic rings. The Labute approximate surface area is 150 Å². The lowest BCUT2D eigenvalue weighted by atomic mass is 10.3. The maximum absolute atomic E-state index is 13.1. The predicted octanol–water partition coefficient (Wildman–Crippen LogP) is 3.85. The minimum atomic E-state index is -3.80. The molecule has 0 spiro atoms. The molecule has 2 rings (SSSR count). The number of hydrogen-bond donors (Lipinski definition) is 0. The maximum atomic E-state index is 13.1. The summed E-state index contributed by atoms with van der Waals surface area (Å²) in [5.41, 5.74) is 0.534. The molecule has 0 radical (unpaired) electrons. The summed E-state index contributed by atoms with van der Waals surface area (Å²) in [6, 6.07) is 11.6. The number of ether oxygens (including phenoxy) is 2. The van der Waals surface area contributed by atoms with Crippen LogP contribution in [-0.2, 0) is 10.0 Å². The second-order valence-electron chi connectivity index (χ2n) is 4.79. The number of halogens is 1. The second kappa shape index (κ2) is 7.72. The third kappa shape index (κ3) is 3.57. The summed E-state index contributed by atoms with van der Waals surface area (Å²) in [7, 11) is -0.841. The molecule has 2 aromatic carbocycles. The van der Waals surface area contributed by atoms with E-state index >= 15 is 0 Å². The van der Waals surface area contributed by atoms with Crippen molar-refractivity contribution in [3.05, 3.63) is 59.6 Å². The molecule has 0 aliphatic rings. The number of hydrogen-bond acceptors (Lipinski definition) is 4. The Balaban J connectivity index is 2.57. The molecule has 0 atom stereocenters. The van der Waals surface area contributed by atoms with Crippen LogP contribution in [0.2, 0.25) is 0 Å². The summed E-state index contributed by atoms with van der Waals surface area (Å²) in [4.78, 5) is 0.109. The largest absolute Gasteiger partial charge is 0.493 e. The van der Waals surface area contributed by atoms with Crippen molar-refractivity contribution in [3.8, 4) is 11.5 Å². The van der Waals surface area contributed by atoms with E-state index in [1.54, 1.807) is 24.3 Å². The fraction of sp³-hybridized carbons (Fsp3) is 0.176. The summed E-state index contributed by atoms with van der Waals surface area (Å²) in [6.45, 7) is 3.80. The van der Waals surface area contributed by atoms with Crippen molar-refractivity contribution in [2.75, 3.05) is 25.1 Å². The Hall–Kier alpha value is -1.99. The van der Waals surface area contributed by atoms with Crippen LogP contribution in [0.1, 0.15) is 0 Å². The van der Waals surface area contributed by atoms with E-state index in [-0.39, 0.29) is 11.4 Å². The van der Waals surface area contributed by atoms with Crippen LogP contribution in [0.4, 0.5) is 5.69 Å². The van der Waals surface area contributed by atoms with Gasteiger partial charge in [0.2, 0.25) is 0 Å².